The average Bonchev–Trinajstić information content (AvgIpc) is 3.44. The van der Waals surface area contributed by atoms with Crippen molar-refractivity contribution in [2.24, 2.45) is 0 Å². The lowest BCUT2D eigenvalue weighted by Crippen LogP contribution is -2.37. The van der Waals surface area contributed by atoms with Crippen molar-refractivity contribution in [3.05, 3.63) is 46.2 Å². The van der Waals surface area contributed by atoms with Crippen molar-refractivity contribution in [3.63, 3.8) is 0 Å². The van der Waals surface area contributed by atoms with Gasteiger partial charge in [0, 0.05) is 43.4 Å². The number of carbonyl (C=O) groups excluding carboxylic acids is 1. The molecule has 1 amide bonds. The van der Waals surface area contributed by atoms with Gasteiger partial charge in [0.1, 0.15) is 0 Å². The van der Waals surface area contributed by atoms with Gasteiger partial charge in [0.15, 0.2) is 0 Å². The molecule has 0 saturated carbocycles. The van der Waals surface area contributed by atoms with Crippen LogP contribution in [0.15, 0.2) is 40.6 Å². The van der Waals surface area contributed by atoms with Crippen LogP contribution in [-0.2, 0) is 26.1 Å². The van der Waals surface area contributed by atoms with Crippen molar-refractivity contribution >= 4 is 33.0 Å². The third kappa shape index (κ3) is 6.39. The number of amides is 1. The molecule has 1 atom stereocenters. The Morgan fingerprint density at radius 1 is 1.25 bits per heavy atom. The normalized spacial score (nSPS) is 16.7. The summed E-state index contributed by atoms with van der Waals surface area (Å²) in [6.45, 7) is 8.65. The molecule has 0 spiro atoms. The highest BCUT2D eigenvalue weighted by molar-refractivity contribution is 7.89. The van der Waals surface area contributed by atoms with E-state index < -0.39 is 10.0 Å². The maximum atomic E-state index is 12.9. The van der Waals surface area contributed by atoms with Crippen LogP contribution in [0.5, 0.6) is 0 Å². The molecule has 176 valence electrons. The predicted octanol–water partition coefficient (Wildman–Crippen LogP) is 3.71. The van der Waals surface area contributed by atoms with Gasteiger partial charge in [-0.1, -0.05) is 26.0 Å². The van der Waals surface area contributed by atoms with Crippen LogP contribution < -0.4 is 5.32 Å². The highest BCUT2D eigenvalue weighted by atomic mass is 32.2. The van der Waals surface area contributed by atoms with Crippen molar-refractivity contribution in [2.45, 2.75) is 51.2 Å². The molecule has 1 aromatic carbocycles. The lowest BCUT2D eigenvalue weighted by atomic mass is 10.2. The van der Waals surface area contributed by atoms with Gasteiger partial charge in [-0.25, -0.2) is 8.42 Å². The van der Waals surface area contributed by atoms with Gasteiger partial charge in [-0.3, -0.25) is 9.69 Å². The first-order valence-corrected chi connectivity index (χ1v) is 13.4. The number of rotatable bonds is 11. The number of nitrogens with one attached hydrogen (secondary N) is 1. The van der Waals surface area contributed by atoms with Gasteiger partial charge in [-0.05, 0) is 48.9 Å². The molecule has 0 bridgehead atoms. The Kier molecular flexibility index (Phi) is 8.84. The van der Waals surface area contributed by atoms with Crippen LogP contribution in [0.25, 0.3) is 0 Å². The van der Waals surface area contributed by atoms with Gasteiger partial charge < -0.3 is 10.1 Å². The number of hydrogen-bond donors (Lipinski definition) is 1. The molecule has 3 rings (SSSR count). The summed E-state index contributed by atoms with van der Waals surface area (Å²) in [5.41, 5.74) is 1.34. The number of sulfonamides is 1. The van der Waals surface area contributed by atoms with E-state index in [9.17, 15) is 13.2 Å². The Morgan fingerprint density at radius 3 is 2.66 bits per heavy atom. The second-order valence-electron chi connectivity index (χ2n) is 8.00. The smallest absolute Gasteiger partial charge is 0.243 e. The van der Waals surface area contributed by atoms with E-state index in [1.807, 2.05) is 32.2 Å². The maximum Gasteiger partial charge on any atom is 0.243 e. The van der Waals surface area contributed by atoms with E-state index in [4.69, 9.17) is 4.74 Å². The number of hydrogen-bond acceptors (Lipinski definition) is 6. The number of aryl methyl sites for hydroxylation is 1. The Labute approximate surface area is 195 Å². The zero-order valence-electron chi connectivity index (χ0n) is 19.0. The van der Waals surface area contributed by atoms with Crippen LogP contribution in [0.4, 0.5) is 5.69 Å². The summed E-state index contributed by atoms with van der Waals surface area (Å²) in [5.74, 6) is -0.167. The highest BCUT2D eigenvalue weighted by Gasteiger charge is 2.24. The lowest BCUT2D eigenvalue weighted by Gasteiger charge is -2.24. The molecule has 0 radical (unpaired) electrons. The number of thiophene rings is 1. The van der Waals surface area contributed by atoms with E-state index in [1.165, 1.54) is 9.18 Å². The molecule has 1 aliphatic heterocycles. The molecule has 2 aromatic rings. The monoisotopic (exact) mass is 479 g/mol. The molecule has 2 heterocycles. The molecule has 9 heteroatoms. The Bertz CT molecular complexity index is 983. The zero-order valence-corrected chi connectivity index (χ0v) is 20.7. The number of benzene rings is 1. The van der Waals surface area contributed by atoms with Crippen molar-refractivity contribution in [3.8, 4) is 0 Å². The summed E-state index contributed by atoms with van der Waals surface area (Å²) in [4.78, 5) is 16.4. The van der Waals surface area contributed by atoms with Crippen molar-refractivity contribution < 1.29 is 17.9 Å². The second-order valence-corrected chi connectivity index (χ2v) is 11.0. The maximum absolute atomic E-state index is 12.9. The third-order valence-corrected chi connectivity index (χ3v) is 8.55. The molecule has 7 nitrogen and oxygen atoms in total. The van der Waals surface area contributed by atoms with Crippen LogP contribution in [0, 0.1) is 6.92 Å². The first-order valence-electron chi connectivity index (χ1n) is 11.1. The minimum atomic E-state index is -3.59. The first kappa shape index (κ1) is 24.9. The van der Waals surface area contributed by atoms with E-state index in [0.717, 1.165) is 25.0 Å². The van der Waals surface area contributed by atoms with Gasteiger partial charge >= 0.3 is 0 Å². The average molecular weight is 480 g/mol. The summed E-state index contributed by atoms with van der Waals surface area (Å²) in [7, 11) is -3.59. The highest BCUT2D eigenvalue weighted by Crippen LogP contribution is 2.23. The zero-order chi connectivity index (χ0) is 23.1. The van der Waals surface area contributed by atoms with Crippen molar-refractivity contribution in [2.75, 3.05) is 38.1 Å². The van der Waals surface area contributed by atoms with E-state index in [-0.39, 0.29) is 23.5 Å². The predicted molar refractivity (Wildman–Crippen MR) is 128 cm³/mol. The van der Waals surface area contributed by atoms with Crippen molar-refractivity contribution in [1.29, 1.82) is 0 Å². The summed E-state index contributed by atoms with van der Waals surface area (Å²) in [5, 5.41) is 4.96. The second kappa shape index (κ2) is 11.4. The fraction of sp³-hybridized carbons (Fsp3) is 0.522. The standard InChI is InChI=1S/C23H33N3O4S2/c1-4-26(5-2)32(28,29)21-11-10-18(3)22(14-21)24-23(27)17-25(15-19-8-6-12-30-19)16-20-9-7-13-31-20/h7,9-11,13-14,19H,4-6,8,12,15-17H2,1-3H3,(H,24,27). The minimum absolute atomic E-state index is 0.145. The Hall–Kier alpha value is -1.78. The quantitative estimate of drug-likeness (QED) is 0.532. The topological polar surface area (TPSA) is 79.0 Å². The SMILES string of the molecule is CCN(CC)S(=O)(=O)c1ccc(C)c(NC(=O)CN(Cc2cccs2)CC2CCCO2)c1. The van der Waals surface area contributed by atoms with Gasteiger partial charge in [0.05, 0.1) is 17.5 Å². The summed E-state index contributed by atoms with van der Waals surface area (Å²) < 4.78 is 33.0. The molecule has 1 N–H and O–H groups in total. The molecule has 1 saturated heterocycles. The van der Waals surface area contributed by atoms with E-state index in [1.54, 1.807) is 29.5 Å². The van der Waals surface area contributed by atoms with Crippen LogP contribution >= 0.6 is 11.3 Å². The molecule has 0 aliphatic carbocycles. The lowest BCUT2D eigenvalue weighted by molar-refractivity contribution is -0.117. The molecule has 1 aliphatic rings. The van der Waals surface area contributed by atoms with E-state index >= 15 is 0 Å². The van der Waals surface area contributed by atoms with Crippen LogP contribution in [0.1, 0.15) is 37.1 Å². The van der Waals surface area contributed by atoms with E-state index in [0.29, 0.717) is 31.9 Å². The van der Waals surface area contributed by atoms with Crippen LogP contribution in [0.3, 0.4) is 0 Å². The van der Waals surface area contributed by atoms with Crippen molar-refractivity contribution in [1.82, 2.24) is 9.21 Å². The van der Waals surface area contributed by atoms with Crippen LogP contribution in [0.2, 0.25) is 0 Å². The van der Waals surface area contributed by atoms with E-state index in [2.05, 4.69) is 16.3 Å². The van der Waals surface area contributed by atoms with Gasteiger partial charge in [-0.15, -0.1) is 11.3 Å². The van der Waals surface area contributed by atoms with Gasteiger partial charge in [0.2, 0.25) is 15.9 Å². The molecule has 1 unspecified atom stereocenters. The Balaban J connectivity index is 1.72. The minimum Gasteiger partial charge on any atom is -0.377 e. The number of anilines is 1. The summed E-state index contributed by atoms with van der Waals surface area (Å²) >= 11 is 1.67. The first-order chi connectivity index (χ1) is 15.3. The van der Waals surface area contributed by atoms with Gasteiger partial charge in [-0.2, -0.15) is 4.31 Å². The fourth-order valence-corrected chi connectivity index (χ4v) is 6.12. The fourth-order valence-electron chi connectivity index (χ4n) is 3.89. The third-order valence-electron chi connectivity index (χ3n) is 5.64. The number of ether oxygens (including phenoxy) is 1. The Morgan fingerprint density at radius 2 is 2.03 bits per heavy atom. The molecule has 1 fully saturated rings. The number of nitrogens with zero attached hydrogens (tertiary/aromatic N) is 2. The molecular formula is C23H33N3O4S2. The number of carbonyl (C=O) groups is 1. The molecular weight excluding hydrogens is 446 g/mol. The summed E-state index contributed by atoms with van der Waals surface area (Å²) in [6.07, 6.45) is 2.20. The van der Waals surface area contributed by atoms with Gasteiger partial charge in [0.25, 0.3) is 0 Å². The molecule has 32 heavy (non-hydrogen) atoms. The van der Waals surface area contributed by atoms with Crippen LogP contribution in [-0.4, -0.2) is 62.4 Å². The molecule has 1 aromatic heterocycles. The largest absolute Gasteiger partial charge is 0.377 e. The summed E-state index contributed by atoms with van der Waals surface area (Å²) in [6, 6.07) is 8.97.